The summed E-state index contributed by atoms with van der Waals surface area (Å²) in [7, 11) is 3.32. The van der Waals surface area contributed by atoms with Crippen LogP contribution >= 0.6 is 0 Å². The molecule has 3 heteroatoms. The van der Waals surface area contributed by atoms with Crippen molar-refractivity contribution in [2.75, 3.05) is 14.2 Å². The van der Waals surface area contributed by atoms with Gasteiger partial charge in [0.25, 0.3) is 0 Å². The van der Waals surface area contributed by atoms with Gasteiger partial charge in [0.2, 0.25) is 0 Å². The van der Waals surface area contributed by atoms with Gasteiger partial charge in [-0.1, -0.05) is 60.7 Å². The van der Waals surface area contributed by atoms with E-state index in [1.165, 1.54) is 5.56 Å². The summed E-state index contributed by atoms with van der Waals surface area (Å²) in [5, 5.41) is 2.17. The minimum atomic E-state index is 0.716. The van der Waals surface area contributed by atoms with Crippen LogP contribution in [0.15, 0.2) is 78.9 Å². The summed E-state index contributed by atoms with van der Waals surface area (Å²) in [5.41, 5.74) is 4.31. The van der Waals surface area contributed by atoms with Gasteiger partial charge >= 0.3 is 0 Å². The molecule has 0 spiro atoms. The molecule has 0 saturated heterocycles. The van der Waals surface area contributed by atoms with Crippen LogP contribution in [0.5, 0.6) is 11.5 Å². The monoisotopic (exact) mass is 355 g/mol. The first kappa shape index (κ1) is 17.1. The number of ether oxygens (including phenoxy) is 2. The highest BCUT2D eigenvalue weighted by atomic mass is 16.5. The van der Waals surface area contributed by atoms with Gasteiger partial charge in [-0.3, -0.25) is 4.98 Å². The van der Waals surface area contributed by atoms with Gasteiger partial charge in [-0.25, -0.2) is 0 Å². The molecule has 0 aliphatic carbocycles. The lowest BCUT2D eigenvalue weighted by atomic mass is 10.0. The molecule has 27 heavy (non-hydrogen) atoms. The summed E-state index contributed by atoms with van der Waals surface area (Å²) in [6.45, 7) is 0. The lowest BCUT2D eigenvalue weighted by Crippen LogP contribution is -1.98. The average Bonchev–Trinajstić information content (AvgIpc) is 2.74. The maximum absolute atomic E-state index is 5.51. The van der Waals surface area contributed by atoms with E-state index in [-0.39, 0.29) is 0 Å². The SMILES string of the molecule is COc1cc2cc(-c3ccccc3)nc(Cc3ccccc3)c2cc1OC. The van der Waals surface area contributed by atoms with Crippen molar-refractivity contribution in [3.63, 3.8) is 0 Å². The van der Waals surface area contributed by atoms with E-state index in [1.54, 1.807) is 14.2 Å². The third kappa shape index (κ3) is 3.49. The molecule has 3 nitrogen and oxygen atoms in total. The molecule has 4 aromatic rings. The van der Waals surface area contributed by atoms with Crippen LogP contribution in [0.4, 0.5) is 0 Å². The van der Waals surface area contributed by atoms with Gasteiger partial charge in [0.15, 0.2) is 11.5 Å². The molecule has 0 fully saturated rings. The zero-order valence-corrected chi connectivity index (χ0v) is 15.5. The first-order valence-electron chi connectivity index (χ1n) is 8.93. The molecule has 1 aromatic heterocycles. The second kappa shape index (κ2) is 7.50. The van der Waals surface area contributed by atoms with Crippen LogP contribution in [0.3, 0.4) is 0 Å². The predicted molar refractivity (Wildman–Crippen MR) is 110 cm³/mol. The zero-order chi connectivity index (χ0) is 18.6. The molecular formula is C24H21NO2. The number of nitrogens with zero attached hydrogens (tertiary/aromatic N) is 1. The Morgan fingerprint density at radius 1 is 0.741 bits per heavy atom. The smallest absolute Gasteiger partial charge is 0.161 e. The van der Waals surface area contributed by atoms with Crippen LogP contribution in [0.25, 0.3) is 22.0 Å². The third-order valence-corrected chi connectivity index (χ3v) is 4.70. The molecule has 0 amide bonds. The number of aromatic nitrogens is 1. The van der Waals surface area contributed by atoms with Gasteiger partial charge in [0.05, 0.1) is 25.6 Å². The molecule has 0 saturated carbocycles. The fourth-order valence-corrected chi connectivity index (χ4v) is 3.33. The van der Waals surface area contributed by atoms with Crippen molar-refractivity contribution in [1.82, 2.24) is 4.98 Å². The summed E-state index contributed by atoms with van der Waals surface area (Å²) in [6, 6.07) is 26.8. The Bertz CT molecular complexity index is 1060. The van der Waals surface area contributed by atoms with Crippen molar-refractivity contribution in [2.45, 2.75) is 6.42 Å². The van der Waals surface area contributed by atoms with Gasteiger partial charge in [-0.05, 0) is 29.1 Å². The Balaban J connectivity index is 1.93. The number of hydrogen-bond donors (Lipinski definition) is 0. The highest BCUT2D eigenvalue weighted by Gasteiger charge is 2.13. The highest BCUT2D eigenvalue weighted by Crippen LogP contribution is 2.35. The number of benzene rings is 3. The Kier molecular flexibility index (Phi) is 4.75. The maximum atomic E-state index is 5.51. The van der Waals surface area contributed by atoms with Crippen molar-refractivity contribution >= 4 is 10.8 Å². The van der Waals surface area contributed by atoms with Crippen LogP contribution in [0.1, 0.15) is 11.3 Å². The Labute approximate surface area is 159 Å². The zero-order valence-electron chi connectivity index (χ0n) is 15.5. The first-order valence-corrected chi connectivity index (χ1v) is 8.93. The van der Waals surface area contributed by atoms with Crippen LogP contribution in [0.2, 0.25) is 0 Å². The molecule has 0 radical (unpaired) electrons. The first-order chi connectivity index (χ1) is 13.3. The lowest BCUT2D eigenvalue weighted by Gasteiger charge is -2.14. The molecule has 0 atom stereocenters. The molecule has 0 bridgehead atoms. The molecule has 0 unspecified atom stereocenters. The van der Waals surface area contributed by atoms with Crippen LogP contribution in [-0.4, -0.2) is 19.2 Å². The van der Waals surface area contributed by atoms with E-state index in [4.69, 9.17) is 14.5 Å². The second-order valence-corrected chi connectivity index (χ2v) is 6.41. The van der Waals surface area contributed by atoms with Crippen molar-refractivity contribution in [3.05, 3.63) is 90.1 Å². The molecule has 0 aliphatic heterocycles. The summed E-state index contributed by atoms with van der Waals surface area (Å²) in [6.07, 6.45) is 0.757. The van der Waals surface area contributed by atoms with Crippen molar-refractivity contribution in [1.29, 1.82) is 0 Å². The summed E-state index contributed by atoms with van der Waals surface area (Å²) >= 11 is 0. The topological polar surface area (TPSA) is 31.4 Å². The largest absolute Gasteiger partial charge is 0.493 e. The Hall–Kier alpha value is -3.33. The maximum Gasteiger partial charge on any atom is 0.161 e. The fourth-order valence-electron chi connectivity index (χ4n) is 3.33. The number of pyridine rings is 1. The summed E-state index contributed by atoms with van der Waals surface area (Å²) < 4.78 is 11.0. The van der Waals surface area contributed by atoms with E-state index in [0.29, 0.717) is 5.75 Å². The quantitative estimate of drug-likeness (QED) is 0.473. The summed E-state index contributed by atoms with van der Waals surface area (Å²) in [5.74, 6) is 1.44. The fraction of sp³-hybridized carbons (Fsp3) is 0.125. The van der Waals surface area contributed by atoms with E-state index in [2.05, 4.69) is 42.5 Å². The van der Waals surface area contributed by atoms with Gasteiger partial charge in [0, 0.05) is 17.4 Å². The number of fused-ring (bicyclic) bond motifs is 1. The van der Waals surface area contributed by atoms with Gasteiger partial charge in [0.1, 0.15) is 0 Å². The highest BCUT2D eigenvalue weighted by molar-refractivity contribution is 5.91. The van der Waals surface area contributed by atoms with E-state index >= 15 is 0 Å². The molecule has 0 N–H and O–H groups in total. The molecule has 134 valence electrons. The Morgan fingerprint density at radius 3 is 2.04 bits per heavy atom. The van der Waals surface area contributed by atoms with E-state index in [1.807, 2.05) is 36.4 Å². The number of hydrogen-bond acceptors (Lipinski definition) is 3. The standard InChI is InChI=1S/C24H21NO2/c1-26-23-15-19-14-21(18-11-7-4-8-12-18)25-22(20(19)16-24(23)27-2)13-17-9-5-3-6-10-17/h3-12,14-16H,13H2,1-2H3. The lowest BCUT2D eigenvalue weighted by molar-refractivity contribution is 0.356. The molecular weight excluding hydrogens is 334 g/mol. The normalized spacial score (nSPS) is 10.7. The molecule has 1 heterocycles. The van der Waals surface area contributed by atoms with Crippen molar-refractivity contribution in [2.24, 2.45) is 0 Å². The molecule has 3 aromatic carbocycles. The Morgan fingerprint density at radius 2 is 1.37 bits per heavy atom. The third-order valence-electron chi connectivity index (χ3n) is 4.70. The minimum absolute atomic E-state index is 0.716. The van der Waals surface area contributed by atoms with Gasteiger partial charge in [-0.2, -0.15) is 0 Å². The molecule has 4 rings (SSSR count). The minimum Gasteiger partial charge on any atom is -0.493 e. The van der Waals surface area contributed by atoms with Crippen LogP contribution in [-0.2, 0) is 6.42 Å². The van der Waals surface area contributed by atoms with Crippen LogP contribution < -0.4 is 9.47 Å². The van der Waals surface area contributed by atoms with E-state index in [0.717, 1.165) is 39.9 Å². The van der Waals surface area contributed by atoms with E-state index < -0.39 is 0 Å². The summed E-state index contributed by atoms with van der Waals surface area (Å²) in [4.78, 5) is 5.00. The van der Waals surface area contributed by atoms with Crippen LogP contribution in [0, 0.1) is 0 Å². The predicted octanol–water partition coefficient (Wildman–Crippen LogP) is 5.51. The number of methoxy groups -OCH3 is 2. The average molecular weight is 355 g/mol. The van der Waals surface area contributed by atoms with Crippen molar-refractivity contribution in [3.8, 4) is 22.8 Å². The van der Waals surface area contributed by atoms with Crippen molar-refractivity contribution < 1.29 is 9.47 Å². The van der Waals surface area contributed by atoms with E-state index in [9.17, 15) is 0 Å². The van der Waals surface area contributed by atoms with Gasteiger partial charge < -0.3 is 9.47 Å². The molecule has 0 aliphatic rings. The second-order valence-electron chi connectivity index (χ2n) is 6.41. The van der Waals surface area contributed by atoms with Gasteiger partial charge in [-0.15, -0.1) is 0 Å². The number of rotatable bonds is 5.